The van der Waals surface area contributed by atoms with E-state index in [0.717, 1.165) is 32.4 Å². The molecule has 0 aromatic heterocycles. The van der Waals surface area contributed by atoms with Crippen LogP contribution in [0.25, 0.3) is 0 Å². The van der Waals surface area contributed by atoms with Crippen LogP contribution in [0.2, 0.25) is 0 Å². The van der Waals surface area contributed by atoms with Gasteiger partial charge in [0.1, 0.15) is 6.54 Å². The van der Waals surface area contributed by atoms with Gasteiger partial charge in [-0.3, -0.25) is 4.79 Å². The van der Waals surface area contributed by atoms with Crippen LogP contribution < -0.4 is 10.6 Å². The number of guanidine groups is 1. The van der Waals surface area contributed by atoms with Gasteiger partial charge in [-0.1, -0.05) is 29.3 Å². The minimum absolute atomic E-state index is 0.0145. The third kappa shape index (κ3) is 7.99. The summed E-state index contributed by atoms with van der Waals surface area (Å²) >= 11 is 0. The first-order valence-corrected chi connectivity index (χ1v) is 9.85. The van der Waals surface area contributed by atoms with Crippen LogP contribution in [0.3, 0.4) is 0 Å². The molecule has 1 saturated heterocycles. The predicted molar refractivity (Wildman–Crippen MR) is 110 cm³/mol. The molecule has 1 atom stereocenters. The Morgan fingerprint density at radius 3 is 2.56 bits per heavy atom. The highest BCUT2D eigenvalue weighted by Gasteiger charge is 2.14. The van der Waals surface area contributed by atoms with Crippen molar-refractivity contribution in [2.75, 3.05) is 40.3 Å². The molecule has 1 heterocycles. The molecule has 6 nitrogen and oxygen atoms in total. The number of rotatable bonds is 7. The number of amides is 1. The van der Waals surface area contributed by atoms with Gasteiger partial charge in [0.05, 0.1) is 6.10 Å². The SMILES string of the molecule is Cc1cc(C)cc(CCNC(=NCC(=O)N(C)C)NCC2CCCCO2)c1. The Bertz CT molecular complexity index is 617. The van der Waals surface area contributed by atoms with E-state index in [1.165, 1.54) is 23.1 Å². The number of carbonyl (C=O) groups excluding carboxylic acids is 1. The lowest BCUT2D eigenvalue weighted by Crippen LogP contribution is -2.43. The van der Waals surface area contributed by atoms with Gasteiger partial charge in [-0.2, -0.15) is 0 Å². The summed E-state index contributed by atoms with van der Waals surface area (Å²) in [5.74, 6) is 0.656. The van der Waals surface area contributed by atoms with Crippen molar-refractivity contribution in [3.05, 3.63) is 34.9 Å². The van der Waals surface area contributed by atoms with Crippen molar-refractivity contribution in [2.45, 2.75) is 45.6 Å². The summed E-state index contributed by atoms with van der Waals surface area (Å²) in [4.78, 5) is 17.9. The summed E-state index contributed by atoms with van der Waals surface area (Å²) in [6, 6.07) is 6.61. The Morgan fingerprint density at radius 1 is 1.19 bits per heavy atom. The van der Waals surface area contributed by atoms with Gasteiger partial charge in [0.25, 0.3) is 0 Å². The number of ether oxygens (including phenoxy) is 1. The van der Waals surface area contributed by atoms with E-state index in [0.29, 0.717) is 12.5 Å². The van der Waals surface area contributed by atoms with Gasteiger partial charge in [0.2, 0.25) is 5.91 Å². The quantitative estimate of drug-likeness (QED) is 0.566. The van der Waals surface area contributed by atoms with Crippen LogP contribution in [0.15, 0.2) is 23.2 Å². The van der Waals surface area contributed by atoms with E-state index >= 15 is 0 Å². The van der Waals surface area contributed by atoms with Crippen molar-refractivity contribution in [2.24, 2.45) is 4.99 Å². The molecular weight excluding hydrogens is 340 g/mol. The van der Waals surface area contributed by atoms with Crippen LogP contribution in [0, 0.1) is 13.8 Å². The molecule has 1 fully saturated rings. The number of nitrogens with one attached hydrogen (secondary N) is 2. The molecule has 1 aromatic rings. The summed E-state index contributed by atoms with van der Waals surface area (Å²) in [5, 5.41) is 6.69. The average molecular weight is 375 g/mol. The first kappa shape index (κ1) is 21.2. The predicted octanol–water partition coefficient (Wildman–Crippen LogP) is 2.04. The maximum Gasteiger partial charge on any atom is 0.243 e. The maximum atomic E-state index is 11.9. The minimum atomic E-state index is -0.0145. The molecule has 0 aliphatic carbocycles. The van der Waals surface area contributed by atoms with E-state index in [2.05, 4.69) is 47.7 Å². The fourth-order valence-electron chi connectivity index (χ4n) is 3.18. The minimum Gasteiger partial charge on any atom is -0.376 e. The van der Waals surface area contributed by atoms with Crippen LogP contribution in [0.1, 0.15) is 36.0 Å². The van der Waals surface area contributed by atoms with Crippen LogP contribution in [0.4, 0.5) is 0 Å². The summed E-state index contributed by atoms with van der Waals surface area (Å²) in [5.41, 5.74) is 3.87. The van der Waals surface area contributed by atoms with Crippen LogP contribution in [-0.4, -0.2) is 63.2 Å². The largest absolute Gasteiger partial charge is 0.376 e. The number of benzene rings is 1. The first-order valence-electron chi connectivity index (χ1n) is 9.85. The van der Waals surface area contributed by atoms with E-state index in [-0.39, 0.29) is 18.6 Å². The van der Waals surface area contributed by atoms with E-state index in [9.17, 15) is 4.79 Å². The molecule has 27 heavy (non-hydrogen) atoms. The summed E-state index contributed by atoms with van der Waals surface area (Å²) in [7, 11) is 3.49. The van der Waals surface area contributed by atoms with E-state index in [1.807, 2.05) is 0 Å². The number of hydrogen-bond acceptors (Lipinski definition) is 3. The van der Waals surface area contributed by atoms with Crippen molar-refractivity contribution in [1.29, 1.82) is 0 Å². The third-order valence-corrected chi connectivity index (χ3v) is 4.63. The Kier molecular flexibility index (Phi) is 8.58. The smallest absolute Gasteiger partial charge is 0.243 e. The van der Waals surface area contributed by atoms with Crippen molar-refractivity contribution in [3.8, 4) is 0 Å². The maximum absolute atomic E-state index is 11.9. The Labute approximate surface area is 163 Å². The molecule has 0 radical (unpaired) electrons. The second-order valence-corrected chi connectivity index (χ2v) is 7.50. The molecule has 1 aliphatic heterocycles. The molecule has 1 aromatic carbocycles. The highest BCUT2D eigenvalue weighted by Crippen LogP contribution is 2.11. The molecule has 0 bridgehead atoms. The number of aliphatic imine (C=N–C) groups is 1. The molecule has 0 saturated carbocycles. The second-order valence-electron chi connectivity index (χ2n) is 7.50. The Hall–Kier alpha value is -2.08. The summed E-state index contributed by atoms with van der Waals surface area (Å²) < 4.78 is 5.77. The number of carbonyl (C=O) groups is 1. The van der Waals surface area contributed by atoms with Crippen molar-refractivity contribution < 1.29 is 9.53 Å². The third-order valence-electron chi connectivity index (χ3n) is 4.63. The van der Waals surface area contributed by atoms with Gasteiger partial charge in [-0.25, -0.2) is 4.99 Å². The van der Waals surface area contributed by atoms with Crippen LogP contribution in [0.5, 0.6) is 0 Å². The molecule has 1 aliphatic rings. The van der Waals surface area contributed by atoms with Gasteiger partial charge in [0.15, 0.2) is 5.96 Å². The van der Waals surface area contributed by atoms with Crippen molar-refractivity contribution in [1.82, 2.24) is 15.5 Å². The highest BCUT2D eigenvalue weighted by molar-refractivity contribution is 5.84. The molecule has 1 amide bonds. The van der Waals surface area contributed by atoms with Gasteiger partial charge < -0.3 is 20.3 Å². The molecule has 6 heteroatoms. The molecule has 1 unspecified atom stereocenters. The molecule has 0 spiro atoms. The Morgan fingerprint density at radius 2 is 1.93 bits per heavy atom. The fraction of sp³-hybridized carbons (Fsp3) is 0.619. The molecular formula is C21H34N4O2. The van der Waals surface area contributed by atoms with Gasteiger partial charge in [-0.15, -0.1) is 0 Å². The standard InChI is InChI=1S/C21H34N4O2/c1-16-11-17(2)13-18(12-16)8-9-22-21(24-15-20(26)25(3)4)23-14-19-7-5-6-10-27-19/h11-13,19H,5-10,14-15H2,1-4H3,(H2,22,23,24). The number of likely N-dealkylation sites (N-methyl/N-ethyl adjacent to an activating group) is 1. The highest BCUT2D eigenvalue weighted by atomic mass is 16.5. The first-order chi connectivity index (χ1) is 12.9. The monoisotopic (exact) mass is 374 g/mol. The summed E-state index contributed by atoms with van der Waals surface area (Å²) in [6.45, 7) is 6.68. The molecule has 2 rings (SSSR count). The van der Waals surface area contributed by atoms with Crippen molar-refractivity contribution >= 4 is 11.9 Å². The van der Waals surface area contributed by atoms with E-state index in [4.69, 9.17) is 4.74 Å². The normalized spacial score (nSPS) is 17.5. The van der Waals surface area contributed by atoms with Crippen molar-refractivity contribution in [3.63, 3.8) is 0 Å². The lowest BCUT2D eigenvalue weighted by Gasteiger charge is -2.24. The fourth-order valence-corrected chi connectivity index (χ4v) is 3.18. The van der Waals surface area contributed by atoms with Crippen LogP contribution in [-0.2, 0) is 16.0 Å². The average Bonchev–Trinajstić information content (AvgIpc) is 2.63. The summed E-state index contributed by atoms with van der Waals surface area (Å²) in [6.07, 6.45) is 4.54. The zero-order valence-electron chi connectivity index (χ0n) is 17.2. The van der Waals surface area contributed by atoms with Crippen LogP contribution >= 0.6 is 0 Å². The number of hydrogen-bond donors (Lipinski definition) is 2. The van der Waals surface area contributed by atoms with Gasteiger partial charge in [-0.05, 0) is 45.1 Å². The second kappa shape index (κ2) is 10.9. The Balaban J connectivity index is 1.89. The van der Waals surface area contributed by atoms with E-state index in [1.54, 1.807) is 19.0 Å². The topological polar surface area (TPSA) is 66.0 Å². The van der Waals surface area contributed by atoms with E-state index < -0.39 is 0 Å². The van der Waals surface area contributed by atoms with Gasteiger partial charge >= 0.3 is 0 Å². The number of nitrogens with zero attached hydrogens (tertiary/aromatic N) is 2. The van der Waals surface area contributed by atoms with Gasteiger partial charge in [0, 0.05) is 33.8 Å². The molecule has 150 valence electrons. The number of aryl methyl sites for hydroxylation is 2. The lowest BCUT2D eigenvalue weighted by molar-refractivity contribution is -0.127. The zero-order valence-corrected chi connectivity index (χ0v) is 17.2. The molecule has 2 N–H and O–H groups in total. The lowest BCUT2D eigenvalue weighted by atomic mass is 10.1. The zero-order chi connectivity index (χ0) is 19.6.